The number of amides is 2. The number of anilines is 2. The molecule has 2 amide bonds. The summed E-state index contributed by atoms with van der Waals surface area (Å²) in [5.74, 6) is 1.09. The maximum absolute atomic E-state index is 12.4. The zero-order valence-corrected chi connectivity index (χ0v) is 20.7. The van der Waals surface area contributed by atoms with Gasteiger partial charge in [-0.25, -0.2) is 9.97 Å². The second-order valence-electron chi connectivity index (χ2n) is 8.38. The molecular weight excluding hydrogens is 490 g/mol. The number of para-hydroxylation sites is 1. The summed E-state index contributed by atoms with van der Waals surface area (Å²) in [5.41, 5.74) is 2.05. The Bertz CT molecular complexity index is 1570. The average molecular weight is 514 g/mol. The van der Waals surface area contributed by atoms with Crippen LogP contribution in [0.3, 0.4) is 0 Å². The van der Waals surface area contributed by atoms with Crippen LogP contribution in [0.4, 0.5) is 16.6 Å². The minimum atomic E-state index is -0.450. The lowest BCUT2D eigenvalue weighted by atomic mass is 10.2. The summed E-state index contributed by atoms with van der Waals surface area (Å²) in [4.78, 5) is 54.7. The molecule has 1 aliphatic rings. The third-order valence-electron chi connectivity index (χ3n) is 5.61. The van der Waals surface area contributed by atoms with E-state index in [9.17, 15) is 14.4 Å². The summed E-state index contributed by atoms with van der Waals surface area (Å²) >= 11 is 0.834. The molecule has 1 aliphatic heterocycles. The van der Waals surface area contributed by atoms with E-state index >= 15 is 0 Å². The molecule has 3 N–H and O–H groups in total. The van der Waals surface area contributed by atoms with Crippen LogP contribution in [0.1, 0.15) is 17.1 Å². The number of benzene rings is 2. The van der Waals surface area contributed by atoms with Crippen LogP contribution < -0.4 is 21.1 Å². The molecule has 0 radical (unpaired) electrons. The van der Waals surface area contributed by atoms with E-state index in [1.807, 2.05) is 48.3 Å². The van der Waals surface area contributed by atoms with Crippen LogP contribution in [0.25, 0.3) is 17.0 Å². The SMILES string of the molecule is CN(Cc1ccccc1)c1cc(/C=C2/SC(=O)NC2=O)nc(NCCc2nc3ccccc3c(=O)[nH]2)n1. The van der Waals surface area contributed by atoms with Crippen molar-refractivity contribution in [3.8, 4) is 0 Å². The molecule has 3 heterocycles. The monoisotopic (exact) mass is 513 g/mol. The molecule has 1 fully saturated rings. The topological polar surface area (TPSA) is 133 Å². The minimum Gasteiger partial charge on any atom is -0.355 e. The van der Waals surface area contributed by atoms with Crippen LogP contribution in [-0.4, -0.2) is 44.7 Å². The lowest BCUT2D eigenvalue weighted by Gasteiger charge is -2.19. The van der Waals surface area contributed by atoms with Crippen molar-refractivity contribution >= 4 is 51.7 Å². The van der Waals surface area contributed by atoms with E-state index < -0.39 is 11.1 Å². The second-order valence-corrected chi connectivity index (χ2v) is 9.39. The molecule has 2 aromatic heterocycles. The van der Waals surface area contributed by atoms with Gasteiger partial charge in [0.2, 0.25) is 5.95 Å². The molecule has 0 atom stereocenters. The van der Waals surface area contributed by atoms with Crippen molar-refractivity contribution in [2.24, 2.45) is 0 Å². The second kappa shape index (κ2) is 10.6. The van der Waals surface area contributed by atoms with Crippen molar-refractivity contribution in [1.29, 1.82) is 0 Å². The molecule has 1 saturated heterocycles. The van der Waals surface area contributed by atoms with Crippen molar-refractivity contribution in [2.45, 2.75) is 13.0 Å². The summed E-state index contributed by atoms with van der Waals surface area (Å²) in [7, 11) is 1.92. The largest absolute Gasteiger partial charge is 0.355 e. The Morgan fingerprint density at radius 2 is 1.78 bits per heavy atom. The van der Waals surface area contributed by atoms with Gasteiger partial charge in [0.05, 0.1) is 21.5 Å². The van der Waals surface area contributed by atoms with E-state index in [1.165, 1.54) is 0 Å². The fourth-order valence-electron chi connectivity index (χ4n) is 3.84. The number of nitrogens with zero attached hydrogens (tertiary/aromatic N) is 4. The molecule has 0 saturated carbocycles. The zero-order chi connectivity index (χ0) is 25.8. The van der Waals surface area contributed by atoms with Crippen molar-refractivity contribution < 1.29 is 9.59 Å². The maximum atomic E-state index is 12.4. The first-order chi connectivity index (χ1) is 17.9. The van der Waals surface area contributed by atoms with Crippen molar-refractivity contribution in [3.63, 3.8) is 0 Å². The minimum absolute atomic E-state index is 0.183. The van der Waals surface area contributed by atoms with Gasteiger partial charge >= 0.3 is 0 Å². The Balaban J connectivity index is 1.38. The van der Waals surface area contributed by atoms with E-state index in [4.69, 9.17) is 0 Å². The third kappa shape index (κ3) is 5.84. The summed E-state index contributed by atoms with van der Waals surface area (Å²) in [6, 6.07) is 18.9. The number of carbonyl (C=O) groups excluding carboxylic acids is 2. The van der Waals surface area contributed by atoms with Crippen molar-refractivity contribution in [2.75, 3.05) is 23.8 Å². The number of rotatable bonds is 8. The molecule has 2 aromatic carbocycles. The average Bonchev–Trinajstić information content (AvgIpc) is 3.20. The Morgan fingerprint density at radius 1 is 1.00 bits per heavy atom. The molecule has 37 heavy (non-hydrogen) atoms. The molecule has 10 nitrogen and oxygen atoms in total. The van der Waals surface area contributed by atoms with Gasteiger partial charge in [0, 0.05) is 32.6 Å². The molecule has 0 aliphatic carbocycles. The Morgan fingerprint density at radius 3 is 2.57 bits per heavy atom. The Kier molecular flexibility index (Phi) is 6.95. The van der Waals surface area contributed by atoms with Crippen molar-refractivity contribution in [1.82, 2.24) is 25.3 Å². The summed E-state index contributed by atoms with van der Waals surface area (Å²) in [5, 5.41) is 5.57. The maximum Gasteiger partial charge on any atom is 0.290 e. The van der Waals surface area contributed by atoms with E-state index in [0.717, 1.165) is 17.3 Å². The number of hydrogen-bond donors (Lipinski definition) is 3. The molecule has 11 heteroatoms. The van der Waals surface area contributed by atoms with E-state index in [1.54, 1.807) is 30.3 Å². The number of H-pyrrole nitrogens is 1. The molecule has 186 valence electrons. The Labute approximate surface area is 216 Å². The summed E-state index contributed by atoms with van der Waals surface area (Å²) in [6.45, 7) is 1.03. The van der Waals surface area contributed by atoms with Gasteiger partial charge in [-0.05, 0) is 35.5 Å². The van der Waals surface area contributed by atoms with Crippen LogP contribution >= 0.6 is 11.8 Å². The van der Waals surface area contributed by atoms with Crippen LogP contribution in [0.2, 0.25) is 0 Å². The van der Waals surface area contributed by atoms with E-state index in [-0.39, 0.29) is 10.5 Å². The van der Waals surface area contributed by atoms with Gasteiger partial charge in [-0.2, -0.15) is 4.98 Å². The molecule has 0 unspecified atom stereocenters. The van der Waals surface area contributed by atoms with Crippen LogP contribution in [0, 0.1) is 0 Å². The lowest BCUT2D eigenvalue weighted by Crippen LogP contribution is -2.20. The quantitative estimate of drug-likeness (QED) is 0.303. The van der Waals surface area contributed by atoms with Gasteiger partial charge in [0.1, 0.15) is 11.6 Å². The third-order valence-corrected chi connectivity index (χ3v) is 6.42. The first-order valence-corrected chi connectivity index (χ1v) is 12.4. The first kappa shape index (κ1) is 24.2. The number of fused-ring (bicyclic) bond motifs is 1. The number of nitrogens with one attached hydrogen (secondary N) is 3. The van der Waals surface area contributed by atoms with Gasteiger partial charge in [-0.15, -0.1) is 0 Å². The highest BCUT2D eigenvalue weighted by Gasteiger charge is 2.25. The fourth-order valence-corrected chi connectivity index (χ4v) is 4.51. The predicted octanol–water partition coefficient (Wildman–Crippen LogP) is 3.33. The summed E-state index contributed by atoms with van der Waals surface area (Å²) < 4.78 is 0. The first-order valence-electron chi connectivity index (χ1n) is 11.6. The number of aromatic nitrogens is 4. The smallest absolute Gasteiger partial charge is 0.290 e. The highest BCUT2D eigenvalue weighted by Crippen LogP contribution is 2.26. The number of carbonyl (C=O) groups is 2. The number of hydrogen-bond acceptors (Lipinski definition) is 9. The lowest BCUT2D eigenvalue weighted by molar-refractivity contribution is -0.115. The molecular formula is C26H23N7O3S. The van der Waals surface area contributed by atoms with E-state index in [0.29, 0.717) is 53.7 Å². The highest BCUT2D eigenvalue weighted by atomic mass is 32.2. The van der Waals surface area contributed by atoms with Gasteiger partial charge in [0.25, 0.3) is 16.7 Å². The van der Waals surface area contributed by atoms with Gasteiger partial charge in [0.15, 0.2) is 0 Å². The number of thioether (sulfide) groups is 1. The van der Waals surface area contributed by atoms with Crippen LogP contribution in [0.5, 0.6) is 0 Å². The standard InChI is InChI=1S/C26H23N7O3S/c1-33(15-16-7-3-2-4-8-16)22-14-17(13-20-24(35)32-26(36)37-20)28-25(31-22)27-12-11-21-29-19-10-6-5-9-18(19)23(34)30-21/h2-10,13-14H,11-12,15H2,1H3,(H,27,28,31)(H,29,30,34)(H,32,35,36)/b20-13+. The van der Waals surface area contributed by atoms with Crippen LogP contribution in [0.15, 0.2) is 70.4 Å². The predicted molar refractivity (Wildman–Crippen MR) is 144 cm³/mol. The van der Waals surface area contributed by atoms with Crippen LogP contribution in [-0.2, 0) is 17.8 Å². The summed E-state index contributed by atoms with van der Waals surface area (Å²) in [6.07, 6.45) is 2.01. The van der Waals surface area contributed by atoms with Gasteiger partial charge in [-0.1, -0.05) is 42.5 Å². The molecule has 5 rings (SSSR count). The molecule has 0 spiro atoms. The van der Waals surface area contributed by atoms with Crippen molar-refractivity contribution in [3.05, 3.63) is 93.0 Å². The van der Waals surface area contributed by atoms with E-state index in [2.05, 4.69) is 30.6 Å². The fraction of sp³-hybridized carbons (Fsp3) is 0.154. The number of aromatic amines is 1. The molecule has 4 aromatic rings. The zero-order valence-electron chi connectivity index (χ0n) is 19.9. The highest BCUT2D eigenvalue weighted by molar-refractivity contribution is 8.18. The van der Waals surface area contributed by atoms with Gasteiger partial charge < -0.3 is 15.2 Å². The number of imide groups is 1. The molecule has 0 bridgehead atoms. The normalized spacial score (nSPS) is 14.2. The Hall–Kier alpha value is -4.51. The van der Waals surface area contributed by atoms with Gasteiger partial charge in [-0.3, -0.25) is 19.7 Å².